The second kappa shape index (κ2) is 10.8. The summed E-state index contributed by atoms with van der Waals surface area (Å²) >= 11 is 14.3. The van der Waals surface area contributed by atoms with E-state index < -0.39 is 5.97 Å². The van der Waals surface area contributed by atoms with Gasteiger partial charge in [0.25, 0.3) is 0 Å². The topological polar surface area (TPSA) is 46.5 Å². The first kappa shape index (κ1) is 22.7. The zero-order chi connectivity index (χ0) is 21.5. The van der Waals surface area contributed by atoms with Gasteiger partial charge in [0.15, 0.2) is 0 Å². The van der Waals surface area contributed by atoms with Crippen molar-refractivity contribution < 1.29 is 14.6 Å². The average molecular weight is 553 g/mol. The Morgan fingerprint density at radius 2 is 1.50 bits per heavy atom. The van der Waals surface area contributed by atoms with E-state index in [0.29, 0.717) is 23.1 Å². The predicted molar refractivity (Wildman–Crippen MR) is 131 cm³/mol. The summed E-state index contributed by atoms with van der Waals surface area (Å²) in [5.41, 5.74) is 4.07. The van der Waals surface area contributed by atoms with Crippen molar-refractivity contribution in [2.75, 3.05) is 6.61 Å². The van der Waals surface area contributed by atoms with Gasteiger partial charge in [0.2, 0.25) is 0 Å². The first-order chi connectivity index (χ1) is 14.4. The van der Waals surface area contributed by atoms with Crippen LogP contribution in [-0.2, 0) is 11.2 Å². The number of aryl methyl sites for hydroxylation is 1. The van der Waals surface area contributed by atoms with Gasteiger partial charge in [0.05, 0.1) is 3.57 Å². The molecule has 0 aliphatic carbocycles. The van der Waals surface area contributed by atoms with E-state index in [9.17, 15) is 4.79 Å². The lowest BCUT2D eigenvalue weighted by molar-refractivity contribution is -0.136. The van der Waals surface area contributed by atoms with Gasteiger partial charge in [-0.3, -0.25) is 4.79 Å². The Morgan fingerprint density at radius 3 is 2.00 bits per heavy atom. The van der Waals surface area contributed by atoms with E-state index in [1.54, 1.807) is 0 Å². The molecule has 0 spiro atoms. The van der Waals surface area contributed by atoms with E-state index in [-0.39, 0.29) is 6.42 Å². The number of carboxylic acids is 1. The second-order valence-electron chi connectivity index (χ2n) is 6.60. The van der Waals surface area contributed by atoms with Crippen LogP contribution in [0.25, 0.3) is 5.57 Å². The highest BCUT2D eigenvalue weighted by Gasteiger charge is 2.08. The van der Waals surface area contributed by atoms with Crippen molar-refractivity contribution >= 4 is 57.3 Å². The average Bonchev–Trinajstić information content (AvgIpc) is 2.72. The van der Waals surface area contributed by atoms with Crippen molar-refractivity contribution in [1.29, 1.82) is 0 Å². The minimum absolute atomic E-state index is 0.116. The first-order valence-electron chi connectivity index (χ1n) is 9.27. The molecule has 0 bridgehead atoms. The molecule has 0 amide bonds. The van der Waals surface area contributed by atoms with Crippen molar-refractivity contribution in [3.63, 3.8) is 0 Å². The maximum atomic E-state index is 10.8. The molecule has 3 nitrogen and oxygen atoms in total. The third-order valence-electron chi connectivity index (χ3n) is 4.46. The number of halogens is 3. The molecule has 30 heavy (non-hydrogen) atoms. The zero-order valence-corrected chi connectivity index (χ0v) is 19.6. The summed E-state index contributed by atoms with van der Waals surface area (Å²) in [5, 5.41) is 10.2. The van der Waals surface area contributed by atoms with Gasteiger partial charge in [-0.1, -0.05) is 53.5 Å². The van der Waals surface area contributed by atoms with Crippen molar-refractivity contribution in [3.8, 4) is 5.75 Å². The molecule has 0 aliphatic heterocycles. The maximum Gasteiger partial charge on any atom is 0.303 e. The molecule has 6 heteroatoms. The Kier molecular flexibility index (Phi) is 8.19. The lowest BCUT2D eigenvalue weighted by Gasteiger charge is -2.12. The molecular weight excluding hydrogens is 534 g/mol. The molecule has 0 saturated heterocycles. The third-order valence-corrected chi connectivity index (χ3v) is 5.81. The molecule has 0 fully saturated rings. The van der Waals surface area contributed by atoms with E-state index >= 15 is 0 Å². The first-order valence-corrected chi connectivity index (χ1v) is 11.1. The Labute approximate surface area is 199 Å². The van der Waals surface area contributed by atoms with Gasteiger partial charge in [0.1, 0.15) is 12.4 Å². The molecule has 0 saturated carbocycles. The molecule has 3 aromatic rings. The molecule has 1 N–H and O–H groups in total. The SMILES string of the molecule is O=C(O)CCc1ccc(OCC=C(c2ccc(Cl)cc2)c2ccc(Cl)cc2)c(I)c1. The maximum absolute atomic E-state index is 10.8. The molecule has 0 aromatic heterocycles. The molecule has 0 unspecified atom stereocenters. The van der Waals surface area contributed by atoms with Gasteiger partial charge in [-0.25, -0.2) is 0 Å². The normalized spacial score (nSPS) is 10.5. The minimum atomic E-state index is -0.799. The molecule has 3 aromatic carbocycles. The van der Waals surface area contributed by atoms with Crippen LogP contribution in [0.4, 0.5) is 0 Å². The summed E-state index contributed by atoms with van der Waals surface area (Å²) in [4.78, 5) is 10.8. The lowest BCUT2D eigenvalue weighted by atomic mass is 9.98. The van der Waals surface area contributed by atoms with Crippen LogP contribution in [0, 0.1) is 3.57 Å². The van der Waals surface area contributed by atoms with Gasteiger partial charge < -0.3 is 9.84 Å². The largest absolute Gasteiger partial charge is 0.488 e. The van der Waals surface area contributed by atoms with Gasteiger partial charge in [-0.2, -0.15) is 0 Å². The number of aliphatic carboxylic acids is 1. The fraction of sp³-hybridized carbons (Fsp3) is 0.125. The quantitative estimate of drug-likeness (QED) is 0.302. The monoisotopic (exact) mass is 552 g/mol. The highest BCUT2D eigenvalue weighted by Crippen LogP contribution is 2.27. The fourth-order valence-corrected chi connectivity index (χ4v) is 3.93. The minimum Gasteiger partial charge on any atom is -0.488 e. The predicted octanol–water partition coefficient (Wildman–Crippen LogP) is 7.13. The van der Waals surface area contributed by atoms with Crippen molar-refractivity contribution in [1.82, 2.24) is 0 Å². The van der Waals surface area contributed by atoms with E-state index in [0.717, 1.165) is 31.6 Å². The Morgan fingerprint density at radius 1 is 0.933 bits per heavy atom. The number of hydrogen-bond acceptors (Lipinski definition) is 2. The van der Waals surface area contributed by atoms with Gasteiger partial charge in [0, 0.05) is 16.5 Å². The Balaban J connectivity index is 1.78. The summed E-state index contributed by atoms with van der Waals surface area (Å²) in [5.74, 6) is -0.0371. The molecule has 0 heterocycles. The van der Waals surface area contributed by atoms with Gasteiger partial charge in [-0.15, -0.1) is 0 Å². The lowest BCUT2D eigenvalue weighted by Crippen LogP contribution is -2.00. The molecule has 0 radical (unpaired) electrons. The van der Waals surface area contributed by atoms with E-state index in [4.69, 9.17) is 33.0 Å². The number of ether oxygens (including phenoxy) is 1. The van der Waals surface area contributed by atoms with E-state index in [1.807, 2.05) is 72.8 Å². The van der Waals surface area contributed by atoms with Crippen LogP contribution in [-0.4, -0.2) is 17.7 Å². The van der Waals surface area contributed by atoms with Crippen molar-refractivity contribution in [2.45, 2.75) is 12.8 Å². The van der Waals surface area contributed by atoms with Crippen LogP contribution in [0.3, 0.4) is 0 Å². The van der Waals surface area contributed by atoms with Crippen LogP contribution in [0.15, 0.2) is 72.8 Å². The van der Waals surface area contributed by atoms with E-state index in [1.165, 1.54) is 0 Å². The zero-order valence-electron chi connectivity index (χ0n) is 15.9. The number of hydrogen-bond donors (Lipinski definition) is 1. The van der Waals surface area contributed by atoms with Crippen LogP contribution in [0.2, 0.25) is 10.0 Å². The number of carbonyl (C=O) groups is 1. The molecule has 154 valence electrons. The van der Waals surface area contributed by atoms with Gasteiger partial charge >= 0.3 is 5.97 Å². The van der Waals surface area contributed by atoms with Crippen LogP contribution >= 0.6 is 45.8 Å². The van der Waals surface area contributed by atoms with Gasteiger partial charge in [-0.05, 0) is 93.7 Å². The molecule has 0 aliphatic rings. The Hall–Kier alpha value is -2.02. The summed E-state index contributed by atoms with van der Waals surface area (Å²) in [6.45, 7) is 0.380. The Bertz CT molecular complexity index is 998. The molecule has 0 atom stereocenters. The number of carboxylic acid groups (broad SMARTS) is 1. The fourth-order valence-electron chi connectivity index (χ4n) is 2.94. The van der Waals surface area contributed by atoms with Crippen LogP contribution < -0.4 is 4.74 Å². The summed E-state index contributed by atoms with van der Waals surface area (Å²) in [6.07, 6.45) is 2.65. The summed E-state index contributed by atoms with van der Waals surface area (Å²) in [7, 11) is 0. The summed E-state index contributed by atoms with van der Waals surface area (Å²) in [6, 6.07) is 21.1. The third kappa shape index (κ3) is 6.49. The van der Waals surface area contributed by atoms with Crippen molar-refractivity contribution in [3.05, 3.63) is 103 Å². The number of rotatable bonds is 8. The molecular formula is C24H19Cl2IO3. The summed E-state index contributed by atoms with van der Waals surface area (Å²) < 4.78 is 6.93. The second-order valence-corrected chi connectivity index (χ2v) is 8.64. The van der Waals surface area contributed by atoms with Crippen LogP contribution in [0.5, 0.6) is 5.75 Å². The highest BCUT2D eigenvalue weighted by molar-refractivity contribution is 14.1. The molecule has 3 rings (SSSR count). The standard InChI is InChI=1S/C24H19Cl2IO3/c25-19-7-3-17(4-8-19)21(18-5-9-20(26)10-6-18)13-14-30-23-11-1-16(15-22(23)27)2-12-24(28)29/h1,3-11,13,15H,2,12,14H2,(H,28,29). The highest BCUT2D eigenvalue weighted by atomic mass is 127. The number of benzene rings is 3. The smallest absolute Gasteiger partial charge is 0.303 e. The van der Waals surface area contributed by atoms with E-state index in [2.05, 4.69) is 22.6 Å². The van der Waals surface area contributed by atoms with Crippen molar-refractivity contribution in [2.24, 2.45) is 0 Å². The van der Waals surface area contributed by atoms with Crippen LogP contribution in [0.1, 0.15) is 23.1 Å².